The summed E-state index contributed by atoms with van der Waals surface area (Å²) < 4.78 is 18.5. The van der Waals surface area contributed by atoms with Crippen molar-refractivity contribution < 1.29 is 19.0 Å². The molecule has 3 rings (SSSR count). The summed E-state index contributed by atoms with van der Waals surface area (Å²) in [5, 5.41) is 3.17. The van der Waals surface area contributed by atoms with Gasteiger partial charge in [-0.15, -0.1) is 0 Å². The second-order valence-corrected chi connectivity index (χ2v) is 7.51. The number of methoxy groups -OCH3 is 3. The molecule has 9 heteroatoms. The fourth-order valence-electron chi connectivity index (χ4n) is 3.74. The molecular formula is C24H29N3O6. The lowest BCUT2D eigenvalue weighted by Crippen LogP contribution is -2.41. The highest BCUT2D eigenvalue weighted by Crippen LogP contribution is 2.39. The van der Waals surface area contributed by atoms with Gasteiger partial charge in [0.15, 0.2) is 11.5 Å². The first-order chi connectivity index (χ1) is 15.9. The molecular weight excluding hydrogens is 426 g/mol. The largest absolute Gasteiger partial charge is 0.493 e. The SMILES string of the molecule is CCCCCn1c(=O)c2ccccc2n(CC(=O)Nc2cc(OC)c(OC)c(OC)c2)c1=O. The number of nitrogens with zero attached hydrogens (tertiary/aromatic N) is 2. The molecule has 1 N–H and O–H groups in total. The van der Waals surface area contributed by atoms with Crippen LogP contribution >= 0.6 is 0 Å². The van der Waals surface area contributed by atoms with E-state index in [9.17, 15) is 14.4 Å². The van der Waals surface area contributed by atoms with Crippen LogP contribution in [0.3, 0.4) is 0 Å². The maximum atomic E-state index is 13.2. The van der Waals surface area contributed by atoms with Crippen molar-refractivity contribution in [3.63, 3.8) is 0 Å². The lowest BCUT2D eigenvalue weighted by atomic mass is 10.2. The lowest BCUT2D eigenvalue weighted by Gasteiger charge is -2.16. The number of anilines is 1. The molecule has 1 heterocycles. The molecule has 33 heavy (non-hydrogen) atoms. The van der Waals surface area contributed by atoms with Crippen molar-refractivity contribution >= 4 is 22.5 Å². The summed E-state index contributed by atoms with van der Waals surface area (Å²) in [4.78, 5) is 39.0. The van der Waals surface area contributed by atoms with Crippen LogP contribution in [0.5, 0.6) is 17.2 Å². The van der Waals surface area contributed by atoms with E-state index in [1.807, 2.05) is 0 Å². The van der Waals surface area contributed by atoms with E-state index in [0.717, 1.165) is 12.8 Å². The number of aromatic nitrogens is 2. The second kappa shape index (κ2) is 10.7. The van der Waals surface area contributed by atoms with Crippen molar-refractivity contribution in [3.05, 3.63) is 57.2 Å². The molecule has 176 valence electrons. The number of unbranched alkanes of at least 4 members (excludes halogenated alkanes) is 2. The molecule has 1 amide bonds. The molecule has 0 unspecified atom stereocenters. The van der Waals surface area contributed by atoms with Gasteiger partial charge in [-0.25, -0.2) is 4.79 Å². The molecule has 0 aliphatic rings. The third-order valence-electron chi connectivity index (χ3n) is 5.37. The number of para-hydroxylation sites is 1. The monoisotopic (exact) mass is 455 g/mol. The van der Waals surface area contributed by atoms with Gasteiger partial charge in [0.05, 0.1) is 32.2 Å². The summed E-state index contributed by atoms with van der Waals surface area (Å²) in [5.74, 6) is 0.744. The fraction of sp³-hybridized carbons (Fsp3) is 0.375. The molecule has 0 atom stereocenters. The zero-order valence-electron chi connectivity index (χ0n) is 19.3. The molecule has 0 fully saturated rings. The predicted molar refractivity (Wildman–Crippen MR) is 127 cm³/mol. The van der Waals surface area contributed by atoms with E-state index in [4.69, 9.17) is 14.2 Å². The Hall–Kier alpha value is -3.75. The molecule has 2 aromatic carbocycles. The summed E-state index contributed by atoms with van der Waals surface area (Å²) in [5.41, 5.74) is -0.00904. The quantitative estimate of drug-likeness (QED) is 0.472. The maximum Gasteiger partial charge on any atom is 0.331 e. The number of hydrogen-bond acceptors (Lipinski definition) is 6. The van der Waals surface area contributed by atoms with Crippen LogP contribution in [-0.2, 0) is 17.9 Å². The topological polar surface area (TPSA) is 101 Å². The molecule has 0 bridgehead atoms. The average molecular weight is 456 g/mol. The maximum absolute atomic E-state index is 13.2. The highest BCUT2D eigenvalue weighted by molar-refractivity contribution is 5.92. The van der Waals surface area contributed by atoms with Crippen molar-refractivity contribution in [2.45, 2.75) is 39.3 Å². The van der Waals surface area contributed by atoms with Gasteiger partial charge in [-0.3, -0.25) is 18.7 Å². The van der Waals surface area contributed by atoms with Crippen molar-refractivity contribution in [1.29, 1.82) is 0 Å². The highest BCUT2D eigenvalue weighted by atomic mass is 16.5. The van der Waals surface area contributed by atoms with Crippen LogP contribution in [0, 0.1) is 0 Å². The number of carbonyl (C=O) groups excluding carboxylic acids is 1. The lowest BCUT2D eigenvalue weighted by molar-refractivity contribution is -0.116. The minimum Gasteiger partial charge on any atom is -0.493 e. The van der Waals surface area contributed by atoms with Crippen LogP contribution in [0.4, 0.5) is 5.69 Å². The zero-order valence-corrected chi connectivity index (χ0v) is 19.3. The van der Waals surface area contributed by atoms with Gasteiger partial charge in [-0.1, -0.05) is 31.9 Å². The van der Waals surface area contributed by atoms with Crippen LogP contribution in [0.2, 0.25) is 0 Å². The number of ether oxygens (including phenoxy) is 3. The van der Waals surface area contributed by atoms with Gasteiger partial charge in [0.25, 0.3) is 5.56 Å². The Labute approximate surface area is 191 Å². The Kier molecular flexibility index (Phi) is 7.76. The van der Waals surface area contributed by atoms with Crippen LogP contribution in [0.15, 0.2) is 46.0 Å². The summed E-state index contributed by atoms with van der Waals surface area (Å²) in [6.45, 7) is 2.10. The molecule has 0 saturated heterocycles. The number of carbonyl (C=O) groups is 1. The number of amides is 1. The second-order valence-electron chi connectivity index (χ2n) is 7.51. The van der Waals surface area contributed by atoms with Crippen molar-refractivity contribution in [2.75, 3.05) is 26.6 Å². The average Bonchev–Trinajstić information content (AvgIpc) is 2.83. The highest BCUT2D eigenvalue weighted by Gasteiger charge is 2.17. The van der Waals surface area contributed by atoms with Gasteiger partial charge in [0.2, 0.25) is 11.7 Å². The van der Waals surface area contributed by atoms with E-state index in [1.54, 1.807) is 36.4 Å². The number of rotatable bonds is 10. The van der Waals surface area contributed by atoms with Gasteiger partial charge in [0, 0.05) is 24.4 Å². The van der Waals surface area contributed by atoms with Gasteiger partial charge in [0.1, 0.15) is 6.54 Å². The number of fused-ring (bicyclic) bond motifs is 1. The first-order valence-electron chi connectivity index (χ1n) is 10.8. The number of benzene rings is 2. The minimum absolute atomic E-state index is 0.260. The van der Waals surface area contributed by atoms with Crippen molar-refractivity contribution in [2.24, 2.45) is 0 Å². The summed E-state index contributed by atoms with van der Waals surface area (Å²) >= 11 is 0. The standard InChI is InChI=1S/C24H29N3O6/c1-5-6-9-12-26-23(29)17-10-7-8-11-18(17)27(24(26)30)15-21(28)25-16-13-19(31-2)22(33-4)20(14-16)32-3/h7-8,10-11,13-14H,5-6,9,12,15H2,1-4H3,(H,25,28). The van der Waals surface area contributed by atoms with Gasteiger partial charge in [-0.05, 0) is 18.6 Å². The van der Waals surface area contributed by atoms with Crippen LogP contribution in [0.25, 0.3) is 10.9 Å². The third kappa shape index (κ3) is 5.02. The van der Waals surface area contributed by atoms with Gasteiger partial charge < -0.3 is 19.5 Å². The summed E-state index contributed by atoms with van der Waals surface area (Å²) in [6, 6.07) is 10.0. The Balaban J connectivity index is 1.97. The zero-order chi connectivity index (χ0) is 24.0. The predicted octanol–water partition coefficient (Wildman–Crippen LogP) is 3.02. The molecule has 0 aliphatic heterocycles. The third-order valence-corrected chi connectivity index (χ3v) is 5.37. The first-order valence-corrected chi connectivity index (χ1v) is 10.8. The summed E-state index contributed by atoms with van der Waals surface area (Å²) in [7, 11) is 4.46. The normalized spacial score (nSPS) is 10.8. The van der Waals surface area contributed by atoms with Crippen LogP contribution in [-0.4, -0.2) is 36.4 Å². The first kappa shape index (κ1) is 23.9. The van der Waals surface area contributed by atoms with Crippen molar-refractivity contribution in [1.82, 2.24) is 9.13 Å². The van der Waals surface area contributed by atoms with E-state index in [-0.39, 0.29) is 12.1 Å². The Morgan fingerprint density at radius 3 is 2.21 bits per heavy atom. The van der Waals surface area contributed by atoms with E-state index in [0.29, 0.717) is 46.8 Å². The molecule has 3 aromatic rings. The Morgan fingerprint density at radius 2 is 1.61 bits per heavy atom. The van der Waals surface area contributed by atoms with Gasteiger partial charge >= 0.3 is 5.69 Å². The van der Waals surface area contributed by atoms with Crippen molar-refractivity contribution in [3.8, 4) is 17.2 Å². The van der Waals surface area contributed by atoms with Crippen LogP contribution < -0.4 is 30.8 Å². The molecule has 0 aliphatic carbocycles. The smallest absolute Gasteiger partial charge is 0.331 e. The van der Waals surface area contributed by atoms with E-state index < -0.39 is 11.6 Å². The van der Waals surface area contributed by atoms with Gasteiger partial charge in [-0.2, -0.15) is 0 Å². The Morgan fingerprint density at radius 1 is 0.939 bits per heavy atom. The molecule has 1 aromatic heterocycles. The molecule has 9 nitrogen and oxygen atoms in total. The summed E-state index contributed by atoms with van der Waals surface area (Å²) in [6.07, 6.45) is 2.58. The fourth-order valence-corrected chi connectivity index (χ4v) is 3.74. The van der Waals surface area contributed by atoms with E-state index in [1.165, 1.54) is 30.5 Å². The van der Waals surface area contributed by atoms with E-state index >= 15 is 0 Å². The van der Waals surface area contributed by atoms with Crippen LogP contribution in [0.1, 0.15) is 26.2 Å². The minimum atomic E-state index is -0.505. The number of hydrogen-bond donors (Lipinski definition) is 1. The Bertz CT molecular complexity index is 1240. The molecule has 0 spiro atoms. The number of nitrogens with one attached hydrogen (secondary N) is 1. The van der Waals surface area contributed by atoms with E-state index in [2.05, 4.69) is 12.2 Å². The molecule has 0 saturated carbocycles. The molecule has 0 radical (unpaired) electrons.